The number of aryl methyl sites for hydroxylation is 1. The van der Waals surface area contributed by atoms with Gasteiger partial charge in [-0.25, -0.2) is 4.79 Å². The normalized spacial score (nSPS) is 20.8. The Labute approximate surface area is 128 Å². The summed E-state index contributed by atoms with van der Waals surface area (Å²) in [5.74, 6) is 0. The van der Waals surface area contributed by atoms with Gasteiger partial charge in [0.1, 0.15) is 6.10 Å². The molecule has 0 aromatic carbocycles. The second-order valence-corrected chi connectivity index (χ2v) is 5.32. The molecule has 2 aromatic rings. The van der Waals surface area contributed by atoms with E-state index in [-0.39, 0.29) is 18.2 Å². The zero-order valence-corrected chi connectivity index (χ0v) is 12.4. The monoisotopic (exact) mass is 301 g/mol. The van der Waals surface area contributed by atoms with Gasteiger partial charge in [-0.15, -0.1) is 0 Å². The fourth-order valence-corrected chi connectivity index (χ4v) is 2.56. The number of amides is 2. The van der Waals surface area contributed by atoms with E-state index in [4.69, 9.17) is 4.74 Å². The average molecular weight is 301 g/mol. The van der Waals surface area contributed by atoms with E-state index in [0.29, 0.717) is 13.2 Å². The van der Waals surface area contributed by atoms with Gasteiger partial charge in [0.25, 0.3) is 0 Å². The zero-order valence-electron chi connectivity index (χ0n) is 12.4. The fraction of sp³-hybridized carbons (Fsp3) is 0.400. The number of rotatable bonds is 4. The van der Waals surface area contributed by atoms with Crippen LogP contribution in [-0.4, -0.2) is 33.9 Å². The molecule has 3 N–H and O–H groups in total. The third-order valence-corrected chi connectivity index (χ3v) is 3.79. The van der Waals surface area contributed by atoms with Gasteiger partial charge in [0.15, 0.2) is 0 Å². The molecule has 2 aromatic heterocycles. The van der Waals surface area contributed by atoms with Gasteiger partial charge in [-0.2, -0.15) is 5.10 Å². The third-order valence-electron chi connectivity index (χ3n) is 3.79. The molecule has 0 bridgehead atoms. The van der Waals surface area contributed by atoms with Gasteiger partial charge in [-0.1, -0.05) is 6.07 Å². The summed E-state index contributed by atoms with van der Waals surface area (Å²) in [6.07, 6.45) is 5.86. The van der Waals surface area contributed by atoms with Gasteiger partial charge in [0.2, 0.25) is 0 Å². The lowest BCUT2D eigenvalue weighted by molar-refractivity contribution is 0.0996. The van der Waals surface area contributed by atoms with Crippen LogP contribution in [0.3, 0.4) is 0 Å². The van der Waals surface area contributed by atoms with Crippen LogP contribution in [0.2, 0.25) is 0 Å². The molecular formula is C15H19N5O2. The molecule has 22 heavy (non-hydrogen) atoms. The van der Waals surface area contributed by atoms with Crippen molar-refractivity contribution in [2.24, 2.45) is 0 Å². The first-order valence-electron chi connectivity index (χ1n) is 7.29. The Kier molecular flexibility index (Phi) is 4.34. The van der Waals surface area contributed by atoms with Crippen molar-refractivity contribution in [3.63, 3.8) is 0 Å². The molecule has 0 unspecified atom stereocenters. The van der Waals surface area contributed by atoms with E-state index in [1.807, 2.05) is 19.1 Å². The molecule has 0 spiro atoms. The highest BCUT2D eigenvalue weighted by molar-refractivity contribution is 5.74. The summed E-state index contributed by atoms with van der Waals surface area (Å²) in [7, 11) is 0. The number of hydrogen-bond donors (Lipinski definition) is 3. The molecule has 116 valence electrons. The van der Waals surface area contributed by atoms with E-state index in [0.717, 1.165) is 23.2 Å². The lowest BCUT2D eigenvalue weighted by Crippen LogP contribution is -2.43. The van der Waals surface area contributed by atoms with Crippen LogP contribution in [-0.2, 0) is 11.3 Å². The van der Waals surface area contributed by atoms with E-state index in [9.17, 15) is 4.79 Å². The summed E-state index contributed by atoms with van der Waals surface area (Å²) in [5, 5.41) is 12.6. The Morgan fingerprint density at radius 3 is 3.14 bits per heavy atom. The topological polar surface area (TPSA) is 91.9 Å². The number of urea groups is 1. The molecule has 1 aliphatic heterocycles. The second kappa shape index (κ2) is 6.57. The molecule has 2 atom stereocenters. The first-order valence-corrected chi connectivity index (χ1v) is 7.29. The maximum Gasteiger partial charge on any atom is 0.315 e. The lowest BCUT2D eigenvalue weighted by atomic mass is 10.0. The molecule has 0 radical (unpaired) electrons. The number of pyridine rings is 1. The van der Waals surface area contributed by atoms with E-state index in [1.165, 1.54) is 0 Å². The molecule has 3 rings (SSSR count). The van der Waals surface area contributed by atoms with Gasteiger partial charge in [0.05, 0.1) is 12.2 Å². The van der Waals surface area contributed by atoms with E-state index < -0.39 is 0 Å². The minimum atomic E-state index is -0.204. The highest BCUT2D eigenvalue weighted by atomic mass is 16.5. The number of carbonyl (C=O) groups excluding carboxylic acids is 1. The third kappa shape index (κ3) is 3.25. The van der Waals surface area contributed by atoms with Gasteiger partial charge >= 0.3 is 6.03 Å². The minimum Gasteiger partial charge on any atom is -0.371 e. The number of nitrogens with one attached hydrogen (secondary N) is 3. The molecule has 2 amide bonds. The summed E-state index contributed by atoms with van der Waals surface area (Å²) in [4.78, 5) is 16.2. The average Bonchev–Trinajstić information content (AvgIpc) is 3.15. The number of H-pyrrole nitrogens is 1. The van der Waals surface area contributed by atoms with Crippen LogP contribution in [0.25, 0.3) is 0 Å². The standard InChI is InChI=1S/C15H19N5O2/c1-10-12(9-18-20-10)8-17-15(21)19-13-4-6-22-14(13)11-3-2-5-16-7-11/h2-3,5,7,9,13-14H,4,6,8H2,1H3,(H,18,20)(H2,17,19,21)/t13-,14+/m0/s1. The number of aromatic amines is 1. The van der Waals surface area contributed by atoms with Crippen LogP contribution in [0.1, 0.15) is 29.3 Å². The predicted molar refractivity (Wildman–Crippen MR) is 80.0 cm³/mol. The Balaban J connectivity index is 1.55. The van der Waals surface area contributed by atoms with Gasteiger partial charge in [0, 0.05) is 42.4 Å². The predicted octanol–water partition coefficient (Wildman–Crippen LogP) is 1.44. The Hall–Kier alpha value is -2.41. The van der Waals surface area contributed by atoms with Crippen molar-refractivity contribution in [3.8, 4) is 0 Å². The second-order valence-electron chi connectivity index (χ2n) is 5.32. The van der Waals surface area contributed by atoms with Crippen molar-refractivity contribution in [2.45, 2.75) is 32.0 Å². The number of nitrogens with zero attached hydrogens (tertiary/aromatic N) is 2. The van der Waals surface area contributed by atoms with Crippen molar-refractivity contribution in [3.05, 3.63) is 47.5 Å². The van der Waals surface area contributed by atoms with Crippen LogP contribution >= 0.6 is 0 Å². The minimum absolute atomic E-state index is 0.0466. The van der Waals surface area contributed by atoms with Crippen LogP contribution in [0.5, 0.6) is 0 Å². The highest BCUT2D eigenvalue weighted by Crippen LogP contribution is 2.28. The SMILES string of the molecule is Cc1[nH]ncc1CNC(=O)N[C@H]1CCO[C@@H]1c1cccnc1. The molecule has 0 saturated carbocycles. The van der Waals surface area contributed by atoms with Gasteiger partial charge in [-0.05, 0) is 19.4 Å². The lowest BCUT2D eigenvalue weighted by Gasteiger charge is -2.20. The van der Waals surface area contributed by atoms with Crippen LogP contribution < -0.4 is 10.6 Å². The smallest absolute Gasteiger partial charge is 0.315 e. The van der Waals surface area contributed by atoms with Crippen LogP contribution in [0.15, 0.2) is 30.7 Å². The molecule has 1 fully saturated rings. The maximum absolute atomic E-state index is 12.1. The molecule has 7 heteroatoms. The van der Waals surface area contributed by atoms with Crippen molar-refractivity contribution < 1.29 is 9.53 Å². The number of ether oxygens (including phenoxy) is 1. The summed E-state index contributed by atoms with van der Waals surface area (Å²) in [5.41, 5.74) is 2.91. The summed E-state index contributed by atoms with van der Waals surface area (Å²) in [6.45, 7) is 3.00. The number of hydrogen-bond acceptors (Lipinski definition) is 4. The van der Waals surface area contributed by atoms with Gasteiger partial charge in [-0.3, -0.25) is 10.1 Å². The van der Waals surface area contributed by atoms with Crippen molar-refractivity contribution in [1.29, 1.82) is 0 Å². The molecule has 0 aliphatic carbocycles. The Bertz CT molecular complexity index is 628. The molecule has 3 heterocycles. The van der Waals surface area contributed by atoms with E-state index in [2.05, 4.69) is 25.8 Å². The maximum atomic E-state index is 12.1. The van der Waals surface area contributed by atoms with Crippen molar-refractivity contribution >= 4 is 6.03 Å². The van der Waals surface area contributed by atoms with E-state index in [1.54, 1.807) is 18.6 Å². The first-order chi connectivity index (χ1) is 10.7. The zero-order chi connectivity index (χ0) is 15.4. The highest BCUT2D eigenvalue weighted by Gasteiger charge is 2.30. The molecule has 1 saturated heterocycles. The largest absolute Gasteiger partial charge is 0.371 e. The van der Waals surface area contributed by atoms with Crippen LogP contribution in [0, 0.1) is 6.92 Å². The molecule has 1 aliphatic rings. The quantitative estimate of drug-likeness (QED) is 0.797. The Morgan fingerprint density at radius 1 is 1.50 bits per heavy atom. The summed E-state index contributed by atoms with van der Waals surface area (Å²) in [6, 6.07) is 3.58. The molecular weight excluding hydrogens is 282 g/mol. The first kappa shape index (κ1) is 14.5. The van der Waals surface area contributed by atoms with E-state index >= 15 is 0 Å². The summed E-state index contributed by atoms with van der Waals surface area (Å²) < 4.78 is 5.72. The fourth-order valence-electron chi connectivity index (χ4n) is 2.56. The molecule has 7 nitrogen and oxygen atoms in total. The van der Waals surface area contributed by atoms with Crippen molar-refractivity contribution in [2.75, 3.05) is 6.61 Å². The van der Waals surface area contributed by atoms with Crippen LogP contribution in [0.4, 0.5) is 4.79 Å². The Morgan fingerprint density at radius 2 is 2.41 bits per heavy atom. The van der Waals surface area contributed by atoms with Gasteiger partial charge < -0.3 is 15.4 Å². The van der Waals surface area contributed by atoms with Crippen molar-refractivity contribution in [1.82, 2.24) is 25.8 Å². The number of carbonyl (C=O) groups is 1. The number of aromatic nitrogens is 3. The summed E-state index contributed by atoms with van der Waals surface area (Å²) >= 11 is 0.